The zero-order chi connectivity index (χ0) is 17.3. The standard InChI is InChI=1S/C16H12N2O4S2/c1-22-11-4-2-3-9-5-6-10(17-14(9)11)7-12-15(21)18(8-13(19)20)16(23)24-12/h2-7H,8H2,1H3,(H,19,20)/p-1/b12-7-. The summed E-state index contributed by atoms with van der Waals surface area (Å²) in [6.07, 6.45) is 1.58. The van der Waals surface area contributed by atoms with Crippen LogP contribution in [0.15, 0.2) is 35.2 Å². The highest BCUT2D eigenvalue weighted by Crippen LogP contribution is 2.32. The van der Waals surface area contributed by atoms with E-state index < -0.39 is 18.4 Å². The number of carboxylic acid groups (broad SMARTS) is 1. The van der Waals surface area contributed by atoms with Crippen LogP contribution in [0.25, 0.3) is 17.0 Å². The molecule has 0 N–H and O–H groups in total. The molecule has 24 heavy (non-hydrogen) atoms. The van der Waals surface area contributed by atoms with Gasteiger partial charge in [-0.1, -0.05) is 42.2 Å². The molecule has 3 rings (SSSR count). The number of carboxylic acids is 1. The summed E-state index contributed by atoms with van der Waals surface area (Å²) in [5.74, 6) is -1.19. The number of carbonyl (C=O) groups is 2. The molecule has 0 aliphatic carbocycles. The monoisotopic (exact) mass is 359 g/mol. The van der Waals surface area contributed by atoms with E-state index in [0.717, 1.165) is 22.0 Å². The van der Waals surface area contributed by atoms with Gasteiger partial charge in [0.25, 0.3) is 5.91 Å². The summed E-state index contributed by atoms with van der Waals surface area (Å²) < 4.78 is 5.48. The number of aromatic nitrogens is 1. The molecule has 2 heterocycles. The second-order valence-corrected chi connectivity index (χ2v) is 6.58. The van der Waals surface area contributed by atoms with E-state index in [1.807, 2.05) is 18.2 Å². The number of amides is 1. The summed E-state index contributed by atoms with van der Waals surface area (Å²) in [7, 11) is 1.56. The van der Waals surface area contributed by atoms with Crippen LogP contribution in [0.2, 0.25) is 0 Å². The van der Waals surface area contributed by atoms with E-state index in [-0.39, 0.29) is 4.32 Å². The van der Waals surface area contributed by atoms with E-state index in [1.165, 1.54) is 0 Å². The molecule has 1 amide bonds. The maximum Gasteiger partial charge on any atom is 0.266 e. The van der Waals surface area contributed by atoms with Gasteiger partial charge in [-0.25, -0.2) is 4.98 Å². The maximum absolute atomic E-state index is 12.2. The van der Waals surface area contributed by atoms with E-state index in [0.29, 0.717) is 21.9 Å². The van der Waals surface area contributed by atoms with Crippen molar-refractivity contribution in [2.45, 2.75) is 0 Å². The Labute approximate surface area is 147 Å². The quantitative estimate of drug-likeness (QED) is 0.599. The summed E-state index contributed by atoms with van der Waals surface area (Å²) in [4.78, 5) is 28.8. The maximum atomic E-state index is 12.2. The van der Waals surface area contributed by atoms with Gasteiger partial charge >= 0.3 is 0 Å². The van der Waals surface area contributed by atoms with Crippen LogP contribution in [0.5, 0.6) is 5.75 Å². The molecular weight excluding hydrogens is 348 g/mol. The number of thiocarbonyl (C=S) groups is 1. The van der Waals surface area contributed by atoms with E-state index >= 15 is 0 Å². The fraction of sp³-hybridized carbons (Fsp3) is 0.125. The number of hydrogen-bond acceptors (Lipinski definition) is 7. The molecule has 1 aliphatic heterocycles. The molecule has 1 fully saturated rings. The number of benzene rings is 1. The van der Waals surface area contributed by atoms with Crippen LogP contribution in [0, 0.1) is 0 Å². The number of carbonyl (C=O) groups excluding carboxylic acids is 2. The van der Waals surface area contributed by atoms with Gasteiger partial charge in [0.2, 0.25) is 0 Å². The second-order valence-electron chi connectivity index (χ2n) is 4.91. The number of ether oxygens (including phenoxy) is 1. The van der Waals surface area contributed by atoms with E-state index in [1.54, 1.807) is 25.3 Å². The topological polar surface area (TPSA) is 82.6 Å². The fourth-order valence-corrected chi connectivity index (χ4v) is 3.52. The van der Waals surface area contributed by atoms with Crippen molar-refractivity contribution in [3.05, 3.63) is 40.9 Å². The van der Waals surface area contributed by atoms with Crippen LogP contribution in [0.1, 0.15) is 5.69 Å². The lowest BCUT2D eigenvalue weighted by atomic mass is 10.2. The highest BCUT2D eigenvalue weighted by Gasteiger charge is 2.32. The minimum absolute atomic E-state index is 0.189. The first kappa shape index (κ1) is 16.4. The Morgan fingerprint density at radius 2 is 2.21 bits per heavy atom. The third-order valence-electron chi connectivity index (χ3n) is 3.36. The Hall–Kier alpha value is -2.45. The molecule has 8 heteroatoms. The van der Waals surface area contributed by atoms with E-state index in [4.69, 9.17) is 17.0 Å². The van der Waals surface area contributed by atoms with Crippen molar-refractivity contribution in [3.8, 4) is 5.75 Å². The van der Waals surface area contributed by atoms with Gasteiger partial charge in [-0.05, 0) is 18.2 Å². The van der Waals surface area contributed by atoms with Crippen molar-refractivity contribution in [3.63, 3.8) is 0 Å². The lowest BCUT2D eigenvalue weighted by Gasteiger charge is -2.14. The SMILES string of the molecule is COc1cccc2ccc(/C=C3\SC(=S)N(CC(=O)[O-])C3=O)nc12. The molecule has 1 aliphatic rings. The number of pyridine rings is 1. The van der Waals surface area contributed by atoms with Gasteiger partial charge in [0.05, 0.1) is 30.2 Å². The molecule has 0 radical (unpaired) electrons. The molecular formula is C16H11N2O4S2-. The highest BCUT2D eigenvalue weighted by molar-refractivity contribution is 8.26. The second kappa shape index (κ2) is 6.58. The number of para-hydroxylation sites is 1. The molecule has 0 atom stereocenters. The zero-order valence-electron chi connectivity index (χ0n) is 12.5. The van der Waals surface area contributed by atoms with E-state index in [2.05, 4.69) is 4.98 Å². The molecule has 2 aromatic rings. The normalized spacial score (nSPS) is 16.2. The Morgan fingerprint density at radius 3 is 2.92 bits per heavy atom. The Morgan fingerprint density at radius 1 is 1.42 bits per heavy atom. The van der Waals surface area contributed by atoms with Gasteiger partial charge in [-0.15, -0.1) is 0 Å². The summed E-state index contributed by atoms with van der Waals surface area (Å²) in [6, 6.07) is 9.23. The number of hydrogen-bond donors (Lipinski definition) is 0. The molecule has 122 valence electrons. The van der Waals surface area contributed by atoms with Crippen LogP contribution in [-0.4, -0.2) is 39.7 Å². The predicted molar refractivity (Wildman–Crippen MR) is 93.2 cm³/mol. The van der Waals surface area contributed by atoms with Crippen LogP contribution >= 0.6 is 24.0 Å². The van der Waals surface area contributed by atoms with Gasteiger partial charge in [0.1, 0.15) is 15.6 Å². The third-order valence-corrected chi connectivity index (χ3v) is 4.74. The van der Waals surface area contributed by atoms with Crippen molar-refractivity contribution in [1.82, 2.24) is 9.88 Å². The summed E-state index contributed by atoms with van der Waals surface area (Å²) in [5, 5.41) is 11.6. The van der Waals surface area contributed by atoms with Crippen LogP contribution in [0.4, 0.5) is 0 Å². The minimum Gasteiger partial charge on any atom is -0.548 e. The Balaban J connectivity index is 1.97. The van der Waals surface area contributed by atoms with E-state index in [9.17, 15) is 14.7 Å². The van der Waals surface area contributed by atoms with Gasteiger partial charge in [-0.3, -0.25) is 9.69 Å². The molecule has 6 nitrogen and oxygen atoms in total. The molecule has 1 aromatic carbocycles. The number of nitrogens with zero attached hydrogens (tertiary/aromatic N) is 2. The average Bonchev–Trinajstić information content (AvgIpc) is 2.81. The van der Waals surface area contributed by atoms with Gasteiger partial charge in [0, 0.05) is 5.39 Å². The molecule has 0 unspecified atom stereocenters. The van der Waals surface area contributed by atoms with Crippen molar-refractivity contribution in [2.75, 3.05) is 13.7 Å². The lowest BCUT2D eigenvalue weighted by Crippen LogP contribution is -2.40. The average molecular weight is 359 g/mol. The van der Waals surface area contributed by atoms with Crippen molar-refractivity contribution < 1.29 is 19.4 Å². The highest BCUT2D eigenvalue weighted by atomic mass is 32.2. The van der Waals surface area contributed by atoms with Crippen molar-refractivity contribution >= 4 is 57.2 Å². The first-order valence-electron chi connectivity index (χ1n) is 6.88. The largest absolute Gasteiger partial charge is 0.548 e. The minimum atomic E-state index is -1.36. The number of fused-ring (bicyclic) bond motifs is 1. The summed E-state index contributed by atoms with van der Waals surface area (Å²) >= 11 is 6.08. The number of methoxy groups -OCH3 is 1. The van der Waals surface area contributed by atoms with Gasteiger partial charge in [0.15, 0.2) is 0 Å². The third kappa shape index (κ3) is 3.10. The van der Waals surface area contributed by atoms with Crippen LogP contribution in [-0.2, 0) is 9.59 Å². The lowest BCUT2D eigenvalue weighted by molar-refractivity contribution is -0.305. The number of thioether (sulfide) groups is 1. The van der Waals surface area contributed by atoms with Crippen LogP contribution in [0.3, 0.4) is 0 Å². The van der Waals surface area contributed by atoms with Crippen LogP contribution < -0.4 is 9.84 Å². The first-order valence-corrected chi connectivity index (χ1v) is 8.11. The number of aliphatic carboxylic acids is 1. The smallest absolute Gasteiger partial charge is 0.266 e. The predicted octanol–water partition coefficient (Wildman–Crippen LogP) is 1.19. The first-order chi connectivity index (χ1) is 11.5. The molecule has 1 saturated heterocycles. The van der Waals surface area contributed by atoms with Gasteiger partial charge in [-0.2, -0.15) is 0 Å². The Kier molecular flexibility index (Phi) is 4.50. The zero-order valence-corrected chi connectivity index (χ0v) is 14.1. The number of rotatable bonds is 4. The molecule has 0 saturated carbocycles. The van der Waals surface area contributed by atoms with Crippen molar-refractivity contribution in [1.29, 1.82) is 0 Å². The summed E-state index contributed by atoms with van der Waals surface area (Å²) in [6.45, 7) is -0.555. The Bertz CT molecular complexity index is 895. The molecule has 0 bridgehead atoms. The summed E-state index contributed by atoms with van der Waals surface area (Å²) in [5.41, 5.74) is 1.24. The van der Waals surface area contributed by atoms with Gasteiger partial charge < -0.3 is 14.6 Å². The fourth-order valence-electron chi connectivity index (χ4n) is 2.28. The van der Waals surface area contributed by atoms with Crippen molar-refractivity contribution in [2.24, 2.45) is 0 Å². The molecule has 1 aromatic heterocycles. The molecule has 0 spiro atoms.